The molecule has 0 fully saturated rings. The highest BCUT2D eigenvalue weighted by molar-refractivity contribution is 7.71. The number of carbonyl (C=O) groups is 1. The van der Waals surface area contributed by atoms with E-state index in [1.807, 2.05) is 43.5 Å². The van der Waals surface area contributed by atoms with Crippen LogP contribution in [0, 0.1) is 25.5 Å². The van der Waals surface area contributed by atoms with Gasteiger partial charge in [0.15, 0.2) is 15.7 Å². The van der Waals surface area contributed by atoms with Gasteiger partial charge in [0.25, 0.3) is 0 Å². The number of amides is 1. The summed E-state index contributed by atoms with van der Waals surface area (Å²) >= 11 is 6.62. The number of hydrogen-bond acceptors (Lipinski definition) is 6. The van der Waals surface area contributed by atoms with E-state index in [2.05, 4.69) is 27.1 Å². The maximum Gasteiger partial charge on any atom is 0.229 e. The smallest absolute Gasteiger partial charge is 0.229 e. The van der Waals surface area contributed by atoms with Gasteiger partial charge in [-0.2, -0.15) is 5.10 Å². The lowest BCUT2D eigenvalue weighted by Gasteiger charge is -2.08. The summed E-state index contributed by atoms with van der Waals surface area (Å²) in [6, 6.07) is 5.89. The SMILES string of the molecule is C=CCn1c(-c2sc(NC(=O)CCOc3ccc(C)c(C)c3)nc2C)n[nH]c1=S. The molecule has 0 aliphatic carbocycles. The molecule has 0 radical (unpaired) electrons. The Kier molecular flexibility index (Phi) is 6.60. The highest BCUT2D eigenvalue weighted by atomic mass is 32.1. The Morgan fingerprint density at radius 1 is 1.38 bits per heavy atom. The monoisotopic (exact) mass is 429 g/mol. The molecule has 0 bridgehead atoms. The molecule has 0 saturated carbocycles. The number of carbonyl (C=O) groups excluding carboxylic acids is 1. The van der Waals surface area contributed by atoms with Crippen LogP contribution in [0.5, 0.6) is 5.75 Å². The second-order valence-corrected chi connectivity index (χ2v) is 7.96. The Bertz CT molecular complexity index is 1100. The first kappa shape index (κ1) is 20.9. The molecule has 2 heterocycles. The molecule has 0 unspecified atom stereocenters. The van der Waals surface area contributed by atoms with Crippen LogP contribution in [0.25, 0.3) is 10.7 Å². The van der Waals surface area contributed by atoms with Crippen molar-refractivity contribution < 1.29 is 9.53 Å². The van der Waals surface area contributed by atoms with Gasteiger partial charge in [-0.15, -0.1) is 6.58 Å². The summed E-state index contributed by atoms with van der Waals surface area (Å²) in [6.07, 6.45) is 1.99. The lowest BCUT2D eigenvalue weighted by Crippen LogP contribution is -2.15. The number of anilines is 1. The van der Waals surface area contributed by atoms with Gasteiger partial charge in [0.2, 0.25) is 5.91 Å². The van der Waals surface area contributed by atoms with E-state index in [1.54, 1.807) is 6.08 Å². The molecule has 0 spiro atoms. The van der Waals surface area contributed by atoms with E-state index in [0.29, 0.717) is 28.9 Å². The van der Waals surface area contributed by atoms with E-state index >= 15 is 0 Å². The van der Waals surface area contributed by atoms with Crippen molar-refractivity contribution >= 4 is 34.6 Å². The molecular weight excluding hydrogens is 406 g/mol. The molecule has 3 rings (SSSR count). The first-order valence-electron chi connectivity index (χ1n) is 9.13. The van der Waals surface area contributed by atoms with Crippen molar-refractivity contribution in [2.75, 3.05) is 11.9 Å². The van der Waals surface area contributed by atoms with Gasteiger partial charge in [0.05, 0.1) is 23.6 Å². The molecule has 0 atom stereocenters. The molecule has 9 heteroatoms. The molecule has 0 aliphatic heterocycles. The second-order valence-electron chi connectivity index (χ2n) is 6.58. The fourth-order valence-corrected chi connectivity index (χ4v) is 3.88. The normalized spacial score (nSPS) is 10.7. The minimum atomic E-state index is -0.154. The Labute approximate surface area is 178 Å². The lowest BCUT2D eigenvalue weighted by atomic mass is 10.1. The van der Waals surface area contributed by atoms with E-state index in [9.17, 15) is 4.79 Å². The summed E-state index contributed by atoms with van der Waals surface area (Å²) in [6.45, 7) is 10.5. The van der Waals surface area contributed by atoms with Crippen molar-refractivity contribution in [2.45, 2.75) is 33.7 Å². The number of allylic oxidation sites excluding steroid dienone is 1. The number of thiazole rings is 1. The van der Waals surface area contributed by atoms with Crippen molar-refractivity contribution in [3.8, 4) is 16.5 Å². The summed E-state index contributed by atoms with van der Waals surface area (Å²) in [5.74, 6) is 1.29. The zero-order valence-electron chi connectivity index (χ0n) is 16.6. The number of nitrogens with zero attached hydrogens (tertiary/aromatic N) is 3. The van der Waals surface area contributed by atoms with Gasteiger partial charge in [-0.3, -0.25) is 14.5 Å². The molecule has 0 aliphatic rings. The Balaban J connectivity index is 1.61. The van der Waals surface area contributed by atoms with Gasteiger partial charge in [0, 0.05) is 6.54 Å². The Morgan fingerprint density at radius 3 is 2.90 bits per heavy atom. The molecular formula is C20H23N5O2S2. The van der Waals surface area contributed by atoms with Crippen molar-refractivity contribution in [1.29, 1.82) is 0 Å². The van der Waals surface area contributed by atoms with Crippen LogP contribution in [-0.4, -0.2) is 32.3 Å². The molecule has 7 nitrogen and oxygen atoms in total. The van der Waals surface area contributed by atoms with Crippen molar-refractivity contribution in [3.05, 3.63) is 52.4 Å². The largest absolute Gasteiger partial charge is 0.493 e. The maximum atomic E-state index is 12.3. The van der Waals surface area contributed by atoms with Crippen molar-refractivity contribution in [2.24, 2.45) is 0 Å². The standard InChI is InChI=1S/C20H23N5O2S2/c1-5-9-25-18(23-24-20(25)28)17-14(4)21-19(29-17)22-16(26)8-10-27-15-7-6-12(2)13(3)11-15/h5-7,11H,1,8-10H2,2-4H3,(H,24,28)(H,21,22,26). The lowest BCUT2D eigenvalue weighted by molar-refractivity contribution is -0.116. The van der Waals surface area contributed by atoms with E-state index in [-0.39, 0.29) is 12.3 Å². The number of hydrogen-bond donors (Lipinski definition) is 2. The third-order valence-electron chi connectivity index (χ3n) is 4.39. The van der Waals surface area contributed by atoms with Crippen molar-refractivity contribution in [1.82, 2.24) is 19.7 Å². The first-order chi connectivity index (χ1) is 13.9. The minimum absolute atomic E-state index is 0.154. The van der Waals surface area contributed by atoms with Gasteiger partial charge in [-0.1, -0.05) is 23.5 Å². The average Bonchev–Trinajstić information content (AvgIpc) is 3.21. The number of aryl methyl sites for hydroxylation is 3. The molecule has 1 aromatic carbocycles. The number of aromatic nitrogens is 4. The molecule has 2 N–H and O–H groups in total. The first-order valence-corrected chi connectivity index (χ1v) is 10.3. The average molecular weight is 430 g/mol. The number of ether oxygens (including phenoxy) is 1. The van der Waals surface area contributed by atoms with Gasteiger partial charge in [-0.25, -0.2) is 4.98 Å². The fourth-order valence-electron chi connectivity index (χ4n) is 2.69. The number of nitrogens with one attached hydrogen (secondary N) is 2. The molecule has 29 heavy (non-hydrogen) atoms. The third-order valence-corrected chi connectivity index (χ3v) is 5.77. The fraction of sp³-hybridized carbons (Fsp3) is 0.300. The predicted molar refractivity (Wildman–Crippen MR) is 118 cm³/mol. The van der Waals surface area contributed by atoms with Crippen LogP contribution in [0.15, 0.2) is 30.9 Å². The van der Waals surface area contributed by atoms with Gasteiger partial charge < -0.3 is 10.1 Å². The number of rotatable bonds is 8. The van der Waals surface area contributed by atoms with Crippen LogP contribution in [0.4, 0.5) is 5.13 Å². The molecule has 3 aromatic rings. The van der Waals surface area contributed by atoms with Crippen LogP contribution in [0.1, 0.15) is 23.2 Å². The zero-order chi connectivity index (χ0) is 21.0. The molecule has 2 aromatic heterocycles. The summed E-state index contributed by atoms with van der Waals surface area (Å²) in [5.41, 5.74) is 3.14. The molecule has 1 amide bonds. The van der Waals surface area contributed by atoms with Crippen LogP contribution in [-0.2, 0) is 11.3 Å². The van der Waals surface area contributed by atoms with Gasteiger partial charge >= 0.3 is 0 Å². The quantitative estimate of drug-likeness (QED) is 0.404. The maximum absolute atomic E-state index is 12.3. The van der Waals surface area contributed by atoms with E-state index in [4.69, 9.17) is 17.0 Å². The summed E-state index contributed by atoms with van der Waals surface area (Å²) in [4.78, 5) is 17.6. The minimum Gasteiger partial charge on any atom is -0.493 e. The Morgan fingerprint density at radius 2 is 2.17 bits per heavy atom. The number of aromatic amines is 1. The summed E-state index contributed by atoms with van der Waals surface area (Å²) < 4.78 is 8.03. The topological polar surface area (TPSA) is 84.8 Å². The summed E-state index contributed by atoms with van der Waals surface area (Å²) in [5, 5.41) is 10.4. The molecule has 152 valence electrons. The van der Waals surface area contributed by atoms with E-state index in [1.165, 1.54) is 16.9 Å². The van der Waals surface area contributed by atoms with Crippen LogP contribution in [0.2, 0.25) is 0 Å². The summed E-state index contributed by atoms with van der Waals surface area (Å²) in [7, 11) is 0. The van der Waals surface area contributed by atoms with E-state index < -0.39 is 0 Å². The number of benzene rings is 1. The van der Waals surface area contributed by atoms with Gasteiger partial charge in [-0.05, 0) is 56.2 Å². The van der Waals surface area contributed by atoms with E-state index in [0.717, 1.165) is 21.9 Å². The van der Waals surface area contributed by atoms with Crippen molar-refractivity contribution in [3.63, 3.8) is 0 Å². The second kappa shape index (κ2) is 9.15. The Hall–Kier alpha value is -2.78. The molecule has 0 saturated heterocycles. The van der Waals surface area contributed by atoms with Crippen LogP contribution in [0.3, 0.4) is 0 Å². The highest BCUT2D eigenvalue weighted by Crippen LogP contribution is 2.31. The van der Waals surface area contributed by atoms with Gasteiger partial charge in [0.1, 0.15) is 5.75 Å². The van der Waals surface area contributed by atoms with Crippen LogP contribution < -0.4 is 10.1 Å². The third kappa shape index (κ3) is 4.99. The highest BCUT2D eigenvalue weighted by Gasteiger charge is 2.17. The predicted octanol–water partition coefficient (Wildman–Crippen LogP) is 4.58. The van der Waals surface area contributed by atoms with Crippen LogP contribution >= 0.6 is 23.6 Å². The number of H-pyrrole nitrogens is 1. The zero-order valence-corrected chi connectivity index (χ0v) is 18.2.